The van der Waals surface area contributed by atoms with Gasteiger partial charge in [0.2, 0.25) is 0 Å². The van der Waals surface area contributed by atoms with Crippen LogP contribution in [0.15, 0.2) is 46.2 Å². The highest BCUT2D eigenvalue weighted by Crippen LogP contribution is 2.65. The molecule has 1 heterocycles. The van der Waals surface area contributed by atoms with Gasteiger partial charge in [-0.15, -0.1) is 11.8 Å². The number of hydrogen-bond acceptors (Lipinski definition) is 5. The van der Waals surface area contributed by atoms with Crippen LogP contribution in [0.4, 0.5) is 28.9 Å². The summed E-state index contributed by atoms with van der Waals surface area (Å²) < 4.78 is 61.7. The van der Waals surface area contributed by atoms with Crippen molar-refractivity contribution in [2.45, 2.75) is 71.4 Å². The molecule has 4 aliphatic rings. The van der Waals surface area contributed by atoms with E-state index in [0.29, 0.717) is 27.9 Å². The normalized spacial score (nSPS) is 25.0. The second-order valence-electron chi connectivity index (χ2n) is 10.9. The molecule has 0 radical (unpaired) electrons. The minimum atomic E-state index is -3.01. The molecule has 6 rings (SSSR count). The third-order valence-corrected chi connectivity index (χ3v) is 10.3. The van der Waals surface area contributed by atoms with Gasteiger partial charge >= 0.3 is 5.97 Å². The van der Waals surface area contributed by atoms with Crippen LogP contribution >= 0.6 is 23.5 Å². The van der Waals surface area contributed by atoms with Gasteiger partial charge < -0.3 is 14.7 Å². The molecule has 1 N–H and O–H groups in total. The molecule has 0 aromatic heterocycles. The molecule has 0 unspecified atom stereocenters. The van der Waals surface area contributed by atoms with Gasteiger partial charge in [0.05, 0.1) is 10.6 Å². The van der Waals surface area contributed by atoms with E-state index in [0.717, 1.165) is 40.9 Å². The number of carboxylic acid groups (broad SMARTS) is 1. The van der Waals surface area contributed by atoms with E-state index in [2.05, 4.69) is 0 Å². The van der Waals surface area contributed by atoms with Gasteiger partial charge in [0.25, 0.3) is 5.92 Å². The van der Waals surface area contributed by atoms with Gasteiger partial charge in [0.1, 0.15) is 23.6 Å². The van der Waals surface area contributed by atoms with Crippen molar-refractivity contribution in [1.82, 2.24) is 0 Å². The van der Waals surface area contributed by atoms with E-state index in [1.165, 1.54) is 25.0 Å². The maximum atomic E-state index is 14.8. The number of thioether (sulfide) groups is 2. The molecule has 0 amide bonds. The Labute approximate surface area is 221 Å². The van der Waals surface area contributed by atoms with Gasteiger partial charge in [-0.25, -0.2) is 17.6 Å². The second kappa shape index (κ2) is 9.00. The van der Waals surface area contributed by atoms with E-state index in [1.807, 2.05) is 11.0 Å². The monoisotopic (exact) mass is 553 g/mol. The molecule has 10 heteroatoms. The Balaban J connectivity index is 1.34. The number of ether oxygens (including phenoxy) is 1. The molecule has 2 aromatic carbocycles. The fourth-order valence-electron chi connectivity index (χ4n) is 5.70. The number of carboxylic acids is 1. The summed E-state index contributed by atoms with van der Waals surface area (Å²) in [5.41, 5.74) is -0.818. The molecule has 37 heavy (non-hydrogen) atoms. The number of alkyl halides is 3. The number of benzene rings is 2. The molecule has 0 saturated heterocycles. The van der Waals surface area contributed by atoms with Crippen LogP contribution < -0.4 is 9.64 Å². The summed E-state index contributed by atoms with van der Waals surface area (Å²) in [4.78, 5) is 15.2. The Morgan fingerprint density at radius 1 is 1.16 bits per heavy atom. The maximum absolute atomic E-state index is 14.8. The highest BCUT2D eigenvalue weighted by atomic mass is 32.2. The van der Waals surface area contributed by atoms with Crippen molar-refractivity contribution in [2.75, 3.05) is 18.1 Å². The zero-order valence-corrected chi connectivity index (χ0v) is 21.7. The molecule has 3 saturated carbocycles. The second-order valence-corrected chi connectivity index (χ2v) is 13.5. The fraction of sp³-hybridized carbons (Fsp3) is 0.519. The summed E-state index contributed by atoms with van der Waals surface area (Å²) in [5, 5.41) is 10.0. The first-order chi connectivity index (χ1) is 17.6. The SMILES string of the molecule is O=C(O)C1(COc2cc3c(cc2SC2CC4(CC4)C2)N(c2ccc(F)cc2)CC[C@@H](F)S3)CC(F)(F)C1. The first kappa shape index (κ1) is 25.2. The predicted molar refractivity (Wildman–Crippen MR) is 136 cm³/mol. The van der Waals surface area contributed by atoms with Gasteiger partial charge in [0, 0.05) is 41.6 Å². The summed E-state index contributed by atoms with van der Waals surface area (Å²) in [5.74, 6) is -4.26. The lowest BCUT2D eigenvalue weighted by molar-refractivity contribution is -0.199. The van der Waals surface area contributed by atoms with Crippen molar-refractivity contribution in [3.8, 4) is 5.75 Å². The number of carbonyl (C=O) groups is 1. The molecule has 3 aliphatic carbocycles. The first-order valence-electron chi connectivity index (χ1n) is 12.5. The van der Waals surface area contributed by atoms with Crippen LogP contribution in [0.5, 0.6) is 5.75 Å². The fourth-order valence-corrected chi connectivity index (χ4v) is 8.31. The van der Waals surface area contributed by atoms with E-state index in [-0.39, 0.29) is 18.8 Å². The third kappa shape index (κ3) is 4.91. The highest BCUT2D eigenvalue weighted by Gasteiger charge is 2.62. The predicted octanol–water partition coefficient (Wildman–Crippen LogP) is 7.67. The van der Waals surface area contributed by atoms with Crippen molar-refractivity contribution in [3.63, 3.8) is 0 Å². The minimum absolute atomic E-state index is 0.262. The van der Waals surface area contributed by atoms with E-state index >= 15 is 0 Å². The molecule has 198 valence electrons. The number of rotatable bonds is 7. The third-order valence-electron chi connectivity index (χ3n) is 8.01. The number of anilines is 2. The summed E-state index contributed by atoms with van der Waals surface area (Å²) >= 11 is 2.71. The van der Waals surface area contributed by atoms with Gasteiger partial charge in [-0.05, 0) is 67.5 Å². The molecule has 2 aromatic rings. The van der Waals surface area contributed by atoms with Crippen LogP contribution in [0.3, 0.4) is 0 Å². The molecule has 4 nitrogen and oxygen atoms in total. The number of aliphatic carboxylic acids is 1. The molecular weight excluding hydrogens is 526 g/mol. The summed E-state index contributed by atoms with van der Waals surface area (Å²) in [7, 11) is 0. The largest absolute Gasteiger partial charge is 0.491 e. The Morgan fingerprint density at radius 2 is 1.86 bits per heavy atom. The Bertz CT molecular complexity index is 1200. The van der Waals surface area contributed by atoms with Crippen molar-refractivity contribution >= 4 is 40.9 Å². The average Bonchev–Trinajstić information content (AvgIpc) is 3.61. The molecule has 0 bridgehead atoms. The van der Waals surface area contributed by atoms with E-state index in [9.17, 15) is 27.5 Å². The first-order valence-corrected chi connectivity index (χ1v) is 14.2. The van der Waals surface area contributed by atoms with E-state index in [4.69, 9.17) is 4.74 Å². The highest BCUT2D eigenvalue weighted by molar-refractivity contribution is 8.00. The van der Waals surface area contributed by atoms with Gasteiger partial charge in [-0.1, -0.05) is 11.8 Å². The van der Waals surface area contributed by atoms with Crippen molar-refractivity contribution in [1.29, 1.82) is 0 Å². The van der Waals surface area contributed by atoms with Crippen LogP contribution in [0.1, 0.15) is 44.9 Å². The lowest BCUT2D eigenvalue weighted by Gasteiger charge is -2.43. The molecule has 1 aliphatic heterocycles. The van der Waals surface area contributed by atoms with Gasteiger partial charge in [0.15, 0.2) is 5.50 Å². The quantitative estimate of drug-likeness (QED) is 0.355. The van der Waals surface area contributed by atoms with Crippen LogP contribution in [-0.4, -0.2) is 40.9 Å². The number of hydrogen-bond donors (Lipinski definition) is 1. The smallest absolute Gasteiger partial charge is 0.313 e. The Hall–Kier alpha value is -2.07. The van der Waals surface area contributed by atoms with Crippen LogP contribution in [0.2, 0.25) is 0 Å². The summed E-state index contributed by atoms with van der Waals surface area (Å²) in [6, 6.07) is 9.72. The van der Waals surface area contributed by atoms with Gasteiger partial charge in [-0.3, -0.25) is 4.79 Å². The molecular formula is C27H27F4NO3S2. The summed E-state index contributed by atoms with van der Waals surface area (Å²) in [6.07, 6.45) is 3.45. The number of halogens is 4. The van der Waals surface area contributed by atoms with E-state index < -0.39 is 35.7 Å². The minimum Gasteiger partial charge on any atom is -0.491 e. The van der Waals surface area contributed by atoms with Crippen LogP contribution in [0, 0.1) is 16.6 Å². The molecule has 1 atom stereocenters. The lowest BCUT2D eigenvalue weighted by Crippen LogP contribution is -2.54. The lowest BCUT2D eigenvalue weighted by atomic mass is 9.66. The number of nitrogens with zero attached hydrogens (tertiary/aromatic N) is 1. The van der Waals surface area contributed by atoms with Gasteiger partial charge in [-0.2, -0.15) is 0 Å². The molecule has 1 spiro atoms. The Kier molecular flexibility index (Phi) is 6.14. The zero-order valence-electron chi connectivity index (χ0n) is 20.0. The zero-order chi connectivity index (χ0) is 26.0. The van der Waals surface area contributed by atoms with Crippen LogP contribution in [0.25, 0.3) is 0 Å². The van der Waals surface area contributed by atoms with Crippen molar-refractivity contribution in [3.05, 3.63) is 42.2 Å². The number of fused-ring (bicyclic) bond motifs is 1. The van der Waals surface area contributed by atoms with Crippen LogP contribution in [-0.2, 0) is 4.79 Å². The topological polar surface area (TPSA) is 49.8 Å². The van der Waals surface area contributed by atoms with Crippen molar-refractivity contribution in [2.24, 2.45) is 10.8 Å². The Morgan fingerprint density at radius 3 is 2.49 bits per heavy atom. The van der Waals surface area contributed by atoms with Crippen molar-refractivity contribution < 1.29 is 32.2 Å². The summed E-state index contributed by atoms with van der Waals surface area (Å²) in [6.45, 7) is 0.0329. The maximum Gasteiger partial charge on any atom is 0.313 e. The standard InChI is InChI=1S/C27H27F4NO3S2/c28-16-1-3-17(4-2-16)32-8-5-23(29)37-21-10-20(35-15-26(24(33)34)13-27(30,31)14-26)22(9-19(21)32)36-18-11-25(12-18)6-7-25/h1-4,9-10,18,23H,5-8,11-15H2,(H,33,34)/t23-/m0/s1. The van der Waals surface area contributed by atoms with E-state index in [1.54, 1.807) is 30.0 Å². The average molecular weight is 554 g/mol. The molecule has 3 fully saturated rings.